The molecule has 9 heteroatoms. The van der Waals surface area contributed by atoms with Crippen LogP contribution in [0.25, 0.3) is 11.0 Å². The summed E-state index contributed by atoms with van der Waals surface area (Å²) in [6.07, 6.45) is 4.98. The molecule has 0 atom stereocenters. The maximum absolute atomic E-state index is 13.2. The molecule has 0 spiro atoms. The highest BCUT2D eigenvalue weighted by Crippen LogP contribution is 2.20. The highest BCUT2D eigenvalue weighted by atomic mass is 35.5. The summed E-state index contributed by atoms with van der Waals surface area (Å²) >= 11 is 5.72. The van der Waals surface area contributed by atoms with Crippen LogP contribution >= 0.6 is 11.6 Å². The molecule has 0 unspecified atom stereocenters. The lowest BCUT2D eigenvalue weighted by Crippen LogP contribution is -2.35. The Labute approximate surface area is 184 Å². The number of anilines is 1. The third-order valence-electron chi connectivity index (χ3n) is 5.33. The first kappa shape index (κ1) is 21.1. The zero-order valence-corrected chi connectivity index (χ0v) is 17.7. The van der Waals surface area contributed by atoms with Crippen molar-refractivity contribution in [1.82, 2.24) is 19.8 Å². The van der Waals surface area contributed by atoms with Crippen molar-refractivity contribution in [1.29, 1.82) is 0 Å². The average Bonchev–Trinajstić information content (AvgIpc) is 3.18. The smallest absolute Gasteiger partial charge is 0.319 e. The Hall–Kier alpha value is -3.13. The minimum Gasteiger partial charge on any atom is -0.339 e. The maximum atomic E-state index is 13.2. The van der Waals surface area contributed by atoms with Gasteiger partial charge in [0.15, 0.2) is 0 Å². The molecule has 1 fully saturated rings. The standard InChI is InChI=1S/C22H23ClFN5O2/c23-17-13-16(5-6-18(17)24)27-22(31)25-8-11-29-14-26-19-12-15(4-7-20(19)29)21(30)28-9-2-1-3-10-28/h4-7,12-14H,1-3,8-11H2,(H2,25,27,31). The Morgan fingerprint density at radius 2 is 1.90 bits per heavy atom. The lowest BCUT2D eigenvalue weighted by molar-refractivity contribution is 0.0724. The van der Waals surface area contributed by atoms with Gasteiger partial charge in [-0.25, -0.2) is 14.2 Å². The number of fused-ring (bicyclic) bond motifs is 1. The van der Waals surface area contributed by atoms with Crippen LogP contribution in [0.2, 0.25) is 5.02 Å². The highest BCUT2D eigenvalue weighted by molar-refractivity contribution is 6.31. The molecule has 31 heavy (non-hydrogen) atoms. The summed E-state index contributed by atoms with van der Waals surface area (Å²) in [5, 5.41) is 5.30. The number of carbonyl (C=O) groups is 2. The second-order valence-corrected chi connectivity index (χ2v) is 7.91. The largest absolute Gasteiger partial charge is 0.339 e. The summed E-state index contributed by atoms with van der Waals surface area (Å²) in [6, 6.07) is 9.11. The molecule has 1 aromatic heterocycles. The minimum atomic E-state index is -0.541. The molecule has 162 valence electrons. The van der Waals surface area contributed by atoms with Crippen LogP contribution in [0.5, 0.6) is 0 Å². The molecule has 0 radical (unpaired) electrons. The molecular weight excluding hydrogens is 421 g/mol. The van der Waals surface area contributed by atoms with Gasteiger partial charge in [-0.2, -0.15) is 0 Å². The number of likely N-dealkylation sites (tertiary alicyclic amines) is 1. The molecule has 3 amide bonds. The fraction of sp³-hybridized carbons (Fsp3) is 0.318. The van der Waals surface area contributed by atoms with Crippen molar-refractivity contribution >= 4 is 40.3 Å². The molecule has 2 N–H and O–H groups in total. The number of imidazole rings is 1. The van der Waals surface area contributed by atoms with Gasteiger partial charge in [0.2, 0.25) is 0 Å². The van der Waals surface area contributed by atoms with E-state index in [-0.39, 0.29) is 10.9 Å². The topological polar surface area (TPSA) is 79.3 Å². The molecule has 0 saturated carbocycles. The third-order valence-corrected chi connectivity index (χ3v) is 5.62. The van der Waals surface area contributed by atoms with E-state index in [0.29, 0.717) is 24.3 Å². The van der Waals surface area contributed by atoms with Gasteiger partial charge in [0.1, 0.15) is 5.82 Å². The second kappa shape index (κ2) is 9.34. The Morgan fingerprint density at radius 1 is 1.10 bits per heavy atom. The van der Waals surface area contributed by atoms with Gasteiger partial charge in [0.05, 0.1) is 22.4 Å². The quantitative estimate of drug-likeness (QED) is 0.617. The predicted molar refractivity (Wildman–Crippen MR) is 118 cm³/mol. The number of urea groups is 1. The fourth-order valence-electron chi connectivity index (χ4n) is 3.69. The van der Waals surface area contributed by atoms with Crippen molar-refractivity contribution in [3.63, 3.8) is 0 Å². The first-order valence-corrected chi connectivity index (χ1v) is 10.6. The molecule has 4 rings (SSSR count). The van der Waals surface area contributed by atoms with Crippen LogP contribution in [0, 0.1) is 5.82 Å². The number of aromatic nitrogens is 2. The average molecular weight is 444 g/mol. The van der Waals surface area contributed by atoms with Gasteiger partial charge in [-0.3, -0.25) is 4.79 Å². The van der Waals surface area contributed by atoms with Crippen LogP contribution in [-0.2, 0) is 6.54 Å². The van der Waals surface area contributed by atoms with Crippen molar-refractivity contribution < 1.29 is 14.0 Å². The number of nitrogens with one attached hydrogen (secondary N) is 2. The van der Waals surface area contributed by atoms with Gasteiger partial charge < -0.3 is 20.1 Å². The summed E-state index contributed by atoms with van der Waals surface area (Å²) in [4.78, 5) is 31.0. The number of piperidine rings is 1. The van der Waals surface area contributed by atoms with Crippen LogP contribution in [0.15, 0.2) is 42.7 Å². The first-order chi connectivity index (χ1) is 15.0. The number of hydrogen-bond donors (Lipinski definition) is 2. The molecule has 1 aliphatic heterocycles. The van der Waals surface area contributed by atoms with E-state index in [4.69, 9.17) is 11.6 Å². The number of hydrogen-bond acceptors (Lipinski definition) is 3. The molecule has 3 aromatic rings. The zero-order chi connectivity index (χ0) is 21.8. The maximum Gasteiger partial charge on any atom is 0.319 e. The summed E-state index contributed by atoms with van der Waals surface area (Å²) in [6.45, 7) is 2.49. The van der Waals surface area contributed by atoms with Gasteiger partial charge in [-0.1, -0.05) is 11.6 Å². The lowest BCUT2D eigenvalue weighted by Gasteiger charge is -2.26. The Kier molecular flexibility index (Phi) is 6.36. The van der Waals surface area contributed by atoms with Crippen LogP contribution in [0.3, 0.4) is 0 Å². The van der Waals surface area contributed by atoms with E-state index in [1.807, 2.05) is 27.7 Å². The van der Waals surface area contributed by atoms with Crippen LogP contribution in [0.1, 0.15) is 29.6 Å². The van der Waals surface area contributed by atoms with E-state index in [1.54, 1.807) is 6.33 Å². The molecule has 2 heterocycles. The van der Waals surface area contributed by atoms with E-state index < -0.39 is 11.8 Å². The highest BCUT2D eigenvalue weighted by Gasteiger charge is 2.19. The number of halogens is 2. The van der Waals surface area contributed by atoms with Gasteiger partial charge >= 0.3 is 6.03 Å². The molecular formula is C22H23ClFN5O2. The van der Waals surface area contributed by atoms with E-state index in [0.717, 1.165) is 37.0 Å². The van der Waals surface area contributed by atoms with E-state index in [9.17, 15) is 14.0 Å². The Morgan fingerprint density at radius 3 is 2.68 bits per heavy atom. The minimum absolute atomic E-state index is 0.0513. The van der Waals surface area contributed by atoms with E-state index in [2.05, 4.69) is 15.6 Å². The van der Waals surface area contributed by atoms with Crippen LogP contribution in [-0.4, -0.2) is 46.0 Å². The second-order valence-electron chi connectivity index (χ2n) is 7.50. The molecule has 0 bridgehead atoms. The zero-order valence-electron chi connectivity index (χ0n) is 16.9. The monoisotopic (exact) mass is 443 g/mol. The number of rotatable bonds is 5. The van der Waals surface area contributed by atoms with Gasteiger partial charge in [-0.15, -0.1) is 0 Å². The fourth-order valence-corrected chi connectivity index (χ4v) is 3.87. The van der Waals surface area contributed by atoms with Crippen molar-refractivity contribution in [3.8, 4) is 0 Å². The van der Waals surface area contributed by atoms with Crippen molar-refractivity contribution in [2.24, 2.45) is 0 Å². The SMILES string of the molecule is O=C(NCCn1cnc2cc(C(=O)N3CCCCC3)ccc21)Nc1ccc(F)c(Cl)c1. The van der Waals surface area contributed by atoms with Crippen molar-refractivity contribution in [2.75, 3.05) is 25.0 Å². The third kappa shape index (κ3) is 4.96. The van der Waals surface area contributed by atoms with Gasteiger partial charge in [0.25, 0.3) is 5.91 Å². The lowest BCUT2D eigenvalue weighted by atomic mass is 10.1. The summed E-state index contributed by atoms with van der Waals surface area (Å²) in [5.41, 5.74) is 2.69. The number of amides is 3. The van der Waals surface area contributed by atoms with Gasteiger partial charge in [0, 0.05) is 37.4 Å². The molecule has 7 nitrogen and oxygen atoms in total. The summed E-state index contributed by atoms with van der Waals surface area (Å²) in [5.74, 6) is -0.490. The van der Waals surface area contributed by atoms with Crippen molar-refractivity contribution in [2.45, 2.75) is 25.8 Å². The summed E-state index contributed by atoms with van der Waals surface area (Å²) < 4.78 is 15.1. The van der Waals surface area contributed by atoms with Crippen LogP contribution < -0.4 is 10.6 Å². The number of benzene rings is 2. The van der Waals surface area contributed by atoms with Crippen molar-refractivity contribution in [3.05, 3.63) is 59.1 Å². The normalized spacial score (nSPS) is 13.9. The number of nitrogens with zero attached hydrogens (tertiary/aromatic N) is 3. The number of carbonyl (C=O) groups excluding carboxylic acids is 2. The molecule has 2 aromatic carbocycles. The van der Waals surface area contributed by atoms with E-state index >= 15 is 0 Å². The van der Waals surface area contributed by atoms with E-state index in [1.165, 1.54) is 24.6 Å². The molecule has 1 aliphatic rings. The predicted octanol–water partition coefficient (Wildman–Crippen LogP) is 4.28. The first-order valence-electron chi connectivity index (χ1n) is 10.3. The molecule has 1 saturated heterocycles. The molecule has 0 aliphatic carbocycles. The van der Waals surface area contributed by atoms with Gasteiger partial charge in [-0.05, 0) is 55.7 Å². The van der Waals surface area contributed by atoms with Crippen LogP contribution in [0.4, 0.5) is 14.9 Å². The Bertz CT molecular complexity index is 1110. The Balaban J connectivity index is 1.34. The summed E-state index contributed by atoms with van der Waals surface area (Å²) in [7, 11) is 0.